The molecule has 76 valence electrons. The average Bonchev–Trinajstić information content (AvgIpc) is 2.31. The van der Waals surface area contributed by atoms with Crippen molar-refractivity contribution in [1.29, 1.82) is 0 Å². The van der Waals surface area contributed by atoms with E-state index in [9.17, 15) is 0 Å². The Morgan fingerprint density at radius 2 is 1.80 bits per heavy atom. The van der Waals surface area contributed by atoms with Gasteiger partial charge >= 0.3 is 0 Å². The third-order valence-electron chi connectivity index (χ3n) is 2.30. The number of nitrogens with zero attached hydrogens (tertiary/aromatic N) is 2. The Hall–Kier alpha value is -1.74. The first kappa shape index (κ1) is 9.80. The van der Waals surface area contributed by atoms with Crippen molar-refractivity contribution in [2.75, 3.05) is 6.54 Å². The standard InChI is InChI=1S/C12H13N3/c13-6-5-10-3-1-2-4-12(10)11-7-14-9-15-8-11/h1-4,7-9H,5-6,13H2. The molecule has 0 spiro atoms. The van der Waals surface area contributed by atoms with Crippen LogP contribution in [-0.2, 0) is 6.42 Å². The topological polar surface area (TPSA) is 51.8 Å². The van der Waals surface area contributed by atoms with Crippen LogP contribution in [0, 0.1) is 0 Å². The normalized spacial score (nSPS) is 10.2. The van der Waals surface area contributed by atoms with E-state index >= 15 is 0 Å². The number of hydrogen-bond donors (Lipinski definition) is 1. The van der Waals surface area contributed by atoms with Crippen LogP contribution in [0.5, 0.6) is 0 Å². The monoisotopic (exact) mass is 199 g/mol. The highest BCUT2D eigenvalue weighted by atomic mass is 14.8. The van der Waals surface area contributed by atoms with E-state index < -0.39 is 0 Å². The summed E-state index contributed by atoms with van der Waals surface area (Å²) in [5.74, 6) is 0. The van der Waals surface area contributed by atoms with Crippen molar-refractivity contribution in [3.8, 4) is 11.1 Å². The minimum atomic E-state index is 0.657. The van der Waals surface area contributed by atoms with Crippen LogP contribution in [0.4, 0.5) is 0 Å². The predicted octanol–water partition coefficient (Wildman–Crippen LogP) is 1.64. The van der Waals surface area contributed by atoms with Gasteiger partial charge in [0.25, 0.3) is 0 Å². The Labute approximate surface area is 89.0 Å². The molecule has 0 fully saturated rings. The fraction of sp³-hybridized carbons (Fsp3) is 0.167. The SMILES string of the molecule is NCCc1ccccc1-c1cncnc1. The zero-order valence-corrected chi connectivity index (χ0v) is 8.43. The van der Waals surface area contributed by atoms with Gasteiger partial charge in [-0.3, -0.25) is 0 Å². The highest BCUT2D eigenvalue weighted by Crippen LogP contribution is 2.21. The van der Waals surface area contributed by atoms with Crippen molar-refractivity contribution < 1.29 is 0 Å². The summed E-state index contributed by atoms with van der Waals surface area (Å²) in [5, 5.41) is 0. The van der Waals surface area contributed by atoms with Crippen molar-refractivity contribution in [3.63, 3.8) is 0 Å². The molecule has 0 aliphatic heterocycles. The summed E-state index contributed by atoms with van der Waals surface area (Å²) in [5.41, 5.74) is 9.03. The number of hydrogen-bond acceptors (Lipinski definition) is 3. The predicted molar refractivity (Wildman–Crippen MR) is 60.2 cm³/mol. The highest BCUT2D eigenvalue weighted by molar-refractivity contribution is 5.65. The first-order chi connectivity index (χ1) is 7.42. The Bertz CT molecular complexity index is 426. The zero-order valence-electron chi connectivity index (χ0n) is 8.43. The minimum absolute atomic E-state index is 0.657. The molecule has 2 N–H and O–H groups in total. The first-order valence-electron chi connectivity index (χ1n) is 4.95. The lowest BCUT2D eigenvalue weighted by molar-refractivity contribution is 0.970. The quantitative estimate of drug-likeness (QED) is 0.817. The third kappa shape index (κ3) is 2.19. The second-order valence-corrected chi connectivity index (χ2v) is 3.32. The third-order valence-corrected chi connectivity index (χ3v) is 2.30. The van der Waals surface area contributed by atoms with Crippen LogP contribution in [0.15, 0.2) is 43.0 Å². The van der Waals surface area contributed by atoms with Gasteiger partial charge in [0.1, 0.15) is 6.33 Å². The van der Waals surface area contributed by atoms with Crippen LogP contribution in [0.1, 0.15) is 5.56 Å². The van der Waals surface area contributed by atoms with Crippen LogP contribution in [0.2, 0.25) is 0 Å². The second-order valence-electron chi connectivity index (χ2n) is 3.32. The van der Waals surface area contributed by atoms with Crippen molar-refractivity contribution in [2.24, 2.45) is 5.73 Å². The maximum atomic E-state index is 5.58. The van der Waals surface area contributed by atoms with E-state index in [0.29, 0.717) is 6.54 Å². The molecule has 3 nitrogen and oxygen atoms in total. The molecule has 1 aromatic heterocycles. The van der Waals surface area contributed by atoms with E-state index in [1.807, 2.05) is 24.5 Å². The molecule has 0 atom stereocenters. The molecule has 15 heavy (non-hydrogen) atoms. The van der Waals surface area contributed by atoms with Crippen LogP contribution in [0.3, 0.4) is 0 Å². The van der Waals surface area contributed by atoms with E-state index in [2.05, 4.69) is 22.1 Å². The highest BCUT2D eigenvalue weighted by Gasteiger charge is 2.03. The molecule has 1 aromatic carbocycles. The van der Waals surface area contributed by atoms with E-state index in [1.54, 1.807) is 0 Å². The van der Waals surface area contributed by atoms with Crippen molar-refractivity contribution in [3.05, 3.63) is 48.5 Å². The average molecular weight is 199 g/mol. The molecule has 0 aliphatic rings. The largest absolute Gasteiger partial charge is 0.330 e. The number of nitrogens with two attached hydrogens (primary N) is 1. The van der Waals surface area contributed by atoms with Gasteiger partial charge in [-0.25, -0.2) is 9.97 Å². The molecule has 2 aromatic rings. The summed E-state index contributed by atoms with van der Waals surface area (Å²) < 4.78 is 0. The van der Waals surface area contributed by atoms with Crippen molar-refractivity contribution >= 4 is 0 Å². The van der Waals surface area contributed by atoms with E-state index in [4.69, 9.17) is 5.73 Å². The number of benzene rings is 1. The summed E-state index contributed by atoms with van der Waals surface area (Å²) >= 11 is 0. The lowest BCUT2D eigenvalue weighted by Gasteiger charge is -2.07. The molecular weight excluding hydrogens is 186 g/mol. The van der Waals surface area contributed by atoms with Gasteiger partial charge in [0.2, 0.25) is 0 Å². The Morgan fingerprint density at radius 1 is 1.07 bits per heavy atom. The number of aromatic nitrogens is 2. The van der Waals surface area contributed by atoms with E-state index in [0.717, 1.165) is 12.0 Å². The molecule has 1 heterocycles. The van der Waals surface area contributed by atoms with Gasteiger partial charge in [-0.1, -0.05) is 24.3 Å². The molecular formula is C12H13N3. The Morgan fingerprint density at radius 3 is 2.53 bits per heavy atom. The Kier molecular flexibility index (Phi) is 3.05. The summed E-state index contributed by atoms with van der Waals surface area (Å²) in [6.45, 7) is 0.657. The van der Waals surface area contributed by atoms with Gasteiger partial charge in [0, 0.05) is 18.0 Å². The van der Waals surface area contributed by atoms with Crippen LogP contribution < -0.4 is 5.73 Å². The lowest BCUT2D eigenvalue weighted by Crippen LogP contribution is -2.03. The lowest BCUT2D eigenvalue weighted by atomic mass is 10.00. The number of rotatable bonds is 3. The Balaban J connectivity index is 2.43. The molecule has 0 aliphatic carbocycles. The molecule has 0 saturated heterocycles. The van der Waals surface area contributed by atoms with Gasteiger partial charge in [-0.2, -0.15) is 0 Å². The van der Waals surface area contributed by atoms with E-state index in [1.165, 1.54) is 17.5 Å². The fourth-order valence-electron chi connectivity index (χ4n) is 1.61. The second kappa shape index (κ2) is 4.66. The summed E-state index contributed by atoms with van der Waals surface area (Å²) in [4.78, 5) is 8.04. The zero-order chi connectivity index (χ0) is 10.5. The molecule has 0 saturated carbocycles. The maximum absolute atomic E-state index is 5.58. The van der Waals surface area contributed by atoms with Gasteiger partial charge in [0.05, 0.1) is 0 Å². The fourth-order valence-corrected chi connectivity index (χ4v) is 1.61. The molecule has 0 unspecified atom stereocenters. The van der Waals surface area contributed by atoms with Crippen LogP contribution >= 0.6 is 0 Å². The van der Waals surface area contributed by atoms with Gasteiger partial charge in [-0.15, -0.1) is 0 Å². The van der Waals surface area contributed by atoms with Crippen molar-refractivity contribution in [2.45, 2.75) is 6.42 Å². The van der Waals surface area contributed by atoms with Gasteiger partial charge in [0.15, 0.2) is 0 Å². The van der Waals surface area contributed by atoms with E-state index in [-0.39, 0.29) is 0 Å². The molecule has 2 rings (SSSR count). The molecule has 0 radical (unpaired) electrons. The molecule has 0 bridgehead atoms. The molecule has 3 heteroatoms. The summed E-state index contributed by atoms with van der Waals surface area (Å²) in [7, 11) is 0. The summed E-state index contributed by atoms with van der Waals surface area (Å²) in [6.07, 6.45) is 6.06. The minimum Gasteiger partial charge on any atom is -0.330 e. The maximum Gasteiger partial charge on any atom is 0.115 e. The van der Waals surface area contributed by atoms with Crippen molar-refractivity contribution in [1.82, 2.24) is 9.97 Å². The van der Waals surface area contributed by atoms with Gasteiger partial charge < -0.3 is 5.73 Å². The summed E-state index contributed by atoms with van der Waals surface area (Å²) in [6, 6.07) is 8.21. The molecule has 0 amide bonds. The first-order valence-corrected chi connectivity index (χ1v) is 4.95. The van der Waals surface area contributed by atoms with Crippen LogP contribution in [0.25, 0.3) is 11.1 Å². The van der Waals surface area contributed by atoms with Gasteiger partial charge in [-0.05, 0) is 24.1 Å². The smallest absolute Gasteiger partial charge is 0.115 e. The van der Waals surface area contributed by atoms with Crippen LogP contribution in [-0.4, -0.2) is 16.5 Å².